The van der Waals surface area contributed by atoms with Gasteiger partial charge < -0.3 is 0 Å². The molecule has 0 atom stereocenters. The van der Waals surface area contributed by atoms with E-state index in [4.69, 9.17) is 11.6 Å². The number of carbonyl (C=O) groups is 1. The molecule has 3 rings (SSSR count). The number of amides is 1. The molecule has 1 aromatic heterocycles. The first-order valence-corrected chi connectivity index (χ1v) is 9.09. The van der Waals surface area contributed by atoms with Crippen molar-refractivity contribution in [3.63, 3.8) is 0 Å². The van der Waals surface area contributed by atoms with Gasteiger partial charge in [-0.25, -0.2) is 9.37 Å². The molecular weight excluding hydrogens is 359 g/mol. The predicted octanol–water partition coefficient (Wildman–Crippen LogP) is 5.81. The number of hydrogen-bond acceptors (Lipinski definition) is 3. The molecule has 0 aliphatic heterocycles. The molecule has 0 aliphatic rings. The molecule has 0 fully saturated rings. The fourth-order valence-electron chi connectivity index (χ4n) is 2.44. The van der Waals surface area contributed by atoms with Crippen molar-refractivity contribution in [2.45, 2.75) is 19.8 Å². The fourth-order valence-corrected chi connectivity index (χ4v) is 3.65. The molecule has 0 unspecified atom stereocenters. The van der Waals surface area contributed by atoms with Gasteiger partial charge in [0.25, 0.3) is 5.91 Å². The number of nitrogens with one attached hydrogen (secondary N) is 1. The molecule has 3 nitrogen and oxygen atoms in total. The lowest BCUT2D eigenvalue weighted by Gasteiger charge is -2.02. The summed E-state index contributed by atoms with van der Waals surface area (Å²) in [6, 6.07) is 13.3. The number of aromatic nitrogens is 1. The maximum Gasteiger partial charge on any atom is 0.260 e. The maximum atomic E-state index is 13.8. The molecule has 128 valence electrons. The van der Waals surface area contributed by atoms with E-state index in [1.54, 1.807) is 12.1 Å². The number of aryl methyl sites for hydroxylation is 1. The molecule has 0 aliphatic carbocycles. The Morgan fingerprint density at radius 3 is 2.60 bits per heavy atom. The number of thiazole rings is 1. The zero-order valence-electron chi connectivity index (χ0n) is 13.6. The van der Waals surface area contributed by atoms with Gasteiger partial charge in [0, 0.05) is 15.5 Å². The fraction of sp³-hybridized carbons (Fsp3) is 0.158. The lowest BCUT2D eigenvalue weighted by molar-refractivity contribution is 0.102. The number of hydrogen-bond donors (Lipinski definition) is 1. The van der Waals surface area contributed by atoms with Crippen LogP contribution in [0.1, 0.15) is 28.6 Å². The van der Waals surface area contributed by atoms with Gasteiger partial charge in [0.15, 0.2) is 5.13 Å². The normalized spacial score (nSPS) is 10.7. The van der Waals surface area contributed by atoms with Gasteiger partial charge in [0.05, 0.1) is 11.3 Å². The second kappa shape index (κ2) is 7.76. The van der Waals surface area contributed by atoms with Gasteiger partial charge in [0.2, 0.25) is 0 Å². The number of rotatable bonds is 5. The van der Waals surface area contributed by atoms with Crippen LogP contribution in [-0.2, 0) is 6.42 Å². The van der Waals surface area contributed by atoms with Crippen molar-refractivity contribution < 1.29 is 9.18 Å². The van der Waals surface area contributed by atoms with Crippen molar-refractivity contribution in [3.8, 4) is 11.3 Å². The van der Waals surface area contributed by atoms with Crippen molar-refractivity contribution in [3.05, 3.63) is 69.8 Å². The van der Waals surface area contributed by atoms with Gasteiger partial charge in [0.1, 0.15) is 5.82 Å². The highest BCUT2D eigenvalue weighted by Gasteiger charge is 2.17. The Morgan fingerprint density at radius 1 is 1.20 bits per heavy atom. The first kappa shape index (κ1) is 17.6. The van der Waals surface area contributed by atoms with Crippen molar-refractivity contribution in [1.82, 2.24) is 4.98 Å². The molecule has 3 aromatic rings. The predicted molar refractivity (Wildman–Crippen MR) is 101 cm³/mol. The van der Waals surface area contributed by atoms with Crippen molar-refractivity contribution in [2.24, 2.45) is 0 Å². The molecule has 1 N–H and O–H groups in total. The van der Waals surface area contributed by atoms with E-state index in [2.05, 4.69) is 17.2 Å². The Bertz CT molecular complexity index is 893. The molecule has 2 aromatic carbocycles. The van der Waals surface area contributed by atoms with Crippen LogP contribution in [-0.4, -0.2) is 10.9 Å². The molecule has 0 bridgehead atoms. The number of anilines is 1. The summed E-state index contributed by atoms with van der Waals surface area (Å²) in [5, 5.41) is 3.82. The minimum atomic E-state index is -0.553. The number of nitrogens with zero attached hydrogens (tertiary/aromatic N) is 1. The summed E-state index contributed by atoms with van der Waals surface area (Å²) in [5.41, 5.74) is 1.77. The summed E-state index contributed by atoms with van der Waals surface area (Å²) in [6.07, 6.45) is 1.81. The van der Waals surface area contributed by atoms with Crippen molar-refractivity contribution >= 4 is 34.0 Å². The maximum absolute atomic E-state index is 13.8. The minimum Gasteiger partial charge on any atom is -0.298 e. The zero-order valence-corrected chi connectivity index (χ0v) is 15.1. The Kier molecular flexibility index (Phi) is 5.46. The summed E-state index contributed by atoms with van der Waals surface area (Å²) in [5.74, 6) is -1.05. The topological polar surface area (TPSA) is 42.0 Å². The molecule has 25 heavy (non-hydrogen) atoms. The third-order valence-corrected chi connectivity index (χ3v) is 4.91. The van der Waals surface area contributed by atoms with Crippen LogP contribution in [0, 0.1) is 5.82 Å². The Labute approximate surface area is 154 Å². The summed E-state index contributed by atoms with van der Waals surface area (Å²) < 4.78 is 13.8. The Balaban J connectivity index is 1.90. The average Bonchev–Trinajstić information content (AvgIpc) is 2.98. The number of benzene rings is 2. The standard InChI is InChI=1S/C19H16ClFN2OS/c1-2-5-16-17(12-8-10-13(20)11-9-12)22-19(25-16)23-18(24)14-6-3-4-7-15(14)21/h3-4,6-11H,2,5H2,1H3,(H,22,23,24). The largest absolute Gasteiger partial charge is 0.298 e. The van der Waals surface area contributed by atoms with E-state index in [-0.39, 0.29) is 5.56 Å². The molecule has 1 amide bonds. The first-order chi connectivity index (χ1) is 12.1. The van der Waals surface area contributed by atoms with Crippen LogP contribution in [0.25, 0.3) is 11.3 Å². The minimum absolute atomic E-state index is 0.00258. The summed E-state index contributed by atoms with van der Waals surface area (Å²) in [4.78, 5) is 17.9. The van der Waals surface area contributed by atoms with Crippen LogP contribution in [0.3, 0.4) is 0 Å². The Hall–Kier alpha value is -2.24. The van der Waals surface area contributed by atoms with Crippen LogP contribution < -0.4 is 5.32 Å². The van der Waals surface area contributed by atoms with E-state index >= 15 is 0 Å². The Morgan fingerprint density at radius 2 is 1.92 bits per heavy atom. The van der Waals surface area contributed by atoms with E-state index in [1.807, 2.05) is 24.3 Å². The van der Waals surface area contributed by atoms with Gasteiger partial charge in [-0.3, -0.25) is 10.1 Å². The number of halogens is 2. The molecule has 6 heteroatoms. The van der Waals surface area contributed by atoms with E-state index in [9.17, 15) is 9.18 Å². The van der Waals surface area contributed by atoms with Crippen LogP contribution in [0.5, 0.6) is 0 Å². The van der Waals surface area contributed by atoms with E-state index < -0.39 is 11.7 Å². The number of carbonyl (C=O) groups excluding carboxylic acids is 1. The quantitative estimate of drug-likeness (QED) is 0.612. The second-order valence-electron chi connectivity index (χ2n) is 5.48. The van der Waals surface area contributed by atoms with Gasteiger partial charge >= 0.3 is 0 Å². The molecular formula is C19H16ClFN2OS. The van der Waals surface area contributed by atoms with Gasteiger partial charge in [-0.15, -0.1) is 11.3 Å². The summed E-state index contributed by atoms with van der Waals surface area (Å²) in [6.45, 7) is 2.09. The molecule has 0 radical (unpaired) electrons. The third-order valence-electron chi connectivity index (χ3n) is 3.63. The molecule has 0 saturated heterocycles. The smallest absolute Gasteiger partial charge is 0.260 e. The highest BCUT2D eigenvalue weighted by molar-refractivity contribution is 7.16. The van der Waals surface area contributed by atoms with Crippen LogP contribution in [0.15, 0.2) is 48.5 Å². The van der Waals surface area contributed by atoms with Gasteiger partial charge in [-0.1, -0.05) is 49.2 Å². The van der Waals surface area contributed by atoms with Crippen molar-refractivity contribution in [1.29, 1.82) is 0 Å². The summed E-state index contributed by atoms with van der Waals surface area (Å²) in [7, 11) is 0. The molecule has 1 heterocycles. The lowest BCUT2D eigenvalue weighted by Crippen LogP contribution is -2.13. The van der Waals surface area contributed by atoms with Crippen LogP contribution in [0.2, 0.25) is 5.02 Å². The first-order valence-electron chi connectivity index (χ1n) is 7.90. The highest BCUT2D eigenvalue weighted by Crippen LogP contribution is 2.33. The second-order valence-corrected chi connectivity index (χ2v) is 7.00. The van der Waals surface area contributed by atoms with E-state index in [0.717, 1.165) is 29.0 Å². The molecule has 0 spiro atoms. The van der Waals surface area contributed by atoms with E-state index in [1.165, 1.54) is 23.5 Å². The van der Waals surface area contributed by atoms with Crippen LogP contribution in [0.4, 0.5) is 9.52 Å². The lowest BCUT2D eigenvalue weighted by atomic mass is 10.1. The van der Waals surface area contributed by atoms with Gasteiger partial charge in [-0.05, 0) is 30.7 Å². The van der Waals surface area contributed by atoms with E-state index in [0.29, 0.717) is 10.2 Å². The summed E-state index contributed by atoms with van der Waals surface area (Å²) >= 11 is 7.36. The monoisotopic (exact) mass is 374 g/mol. The third kappa shape index (κ3) is 4.06. The van der Waals surface area contributed by atoms with Gasteiger partial charge in [-0.2, -0.15) is 0 Å². The van der Waals surface area contributed by atoms with Crippen molar-refractivity contribution in [2.75, 3.05) is 5.32 Å². The average molecular weight is 375 g/mol. The molecule has 0 saturated carbocycles. The zero-order chi connectivity index (χ0) is 17.8. The highest BCUT2D eigenvalue weighted by atomic mass is 35.5. The van der Waals surface area contributed by atoms with Crippen LogP contribution >= 0.6 is 22.9 Å². The SMILES string of the molecule is CCCc1sc(NC(=O)c2ccccc2F)nc1-c1ccc(Cl)cc1.